The van der Waals surface area contributed by atoms with Crippen molar-refractivity contribution in [3.8, 4) is 0 Å². The largest absolute Gasteiger partial charge is 0.390 e. The number of alkyl halides is 3. The van der Waals surface area contributed by atoms with E-state index in [1.165, 1.54) is 0 Å². The number of thioether (sulfide) groups is 1. The summed E-state index contributed by atoms with van der Waals surface area (Å²) >= 11 is 1.64. The molecule has 0 amide bonds. The van der Waals surface area contributed by atoms with Crippen molar-refractivity contribution in [2.24, 2.45) is 0 Å². The predicted molar refractivity (Wildman–Crippen MR) is 104 cm³/mol. The van der Waals surface area contributed by atoms with Gasteiger partial charge in [0.05, 0.1) is 6.42 Å². The van der Waals surface area contributed by atoms with E-state index in [4.69, 9.17) is 0 Å². The van der Waals surface area contributed by atoms with E-state index in [2.05, 4.69) is 26.1 Å². The van der Waals surface area contributed by atoms with Crippen molar-refractivity contribution in [1.29, 1.82) is 0 Å². The van der Waals surface area contributed by atoms with Crippen molar-refractivity contribution in [3.05, 3.63) is 29.8 Å². The zero-order chi connectivity index (χ0) is 17.1. The molecule has 0 spiro atoms. The molecule has 1 aliphatic heterocycles. The molecule has 1 saturated heterocycles. The number of rotatable bonds is 4. The molecule has 0 aromatic heterocycles. The van der Waals surface area contributed by atoms with E-state index in [1.54, 1.807) is 11.8 Å². The van der Waals surface area contributed by atoms with Gasteiger partial charge < -0.3 is 5.32 Å². The predicted octanol–water partition coefficient (Wildman–Crippen LogP) is 5.32. The van der Waals surface area contributed by atoms with Crippen molar-refractivity contribution in [2.75, 3.05) is 26.2 Å². The molecule has 1 fully saturated rings. The molecular weight excluding hydrogens is 392 g/mol. The Balaban J connectivity index is 0.00000288. The highest BCUT2D eigenvalue weighted by molar-refractivity contribution is 8.00. The number of halogens is 5. The lowest BCUT2D eigenvalue weighted by atomic mass is 10.0. The lowest BCUT2D eigenvalue weighted by molar-refractivity contribution is -0.149. The first kappa shape index (κ1) is 24.9. The second kappa shape index (κ2) is 10.3. The van der Waals surface area contributed by atoms with Gasteiger partial charge in [0, 0.05) is 41.9 Å². The van der Waals surface area contributed by atoms with E-state index in [0.29, 0.717) is 13.1 Å². The van der Waals surface area contributed by atoms with Gasteiger partial charge in [-0.1, -0.05) is 39.0 Å². The van der Waals surface area contributed by atoms with Gasteiger partial charge in [0.15, 0.2) is 0 Å². The van der Waals surface area contributed by atoms with Crippen LogP contribution < -0.4 is 5.32 Å². The maximum Gasteiger partial charge on any atom is 0.390 e. The number of hydrogen-bond donors (Lipinski definition) is 1. The molecule has 0 saturated carbocycles. The van der Waals surface area contributed by atoms with Crippen LogP contribution >= 0.6 is 36.6 Å². The zero-order valence-electron chi connectivity index (χ0n) is 14.7. The number of nitrogens with zero attached hydrogens (tertiary/aromatic N) is 1. The van der Waals surface area contributed by atoms with Gasteiger partial charge >= 0.3 is 6.18 Å². The summed E-state index contributed by atoms with van der Waals surface area (Å²) in [4.78, 5) is 2.92. The summed E-state index contributed by atoms with van der Waals surface area (Å²) in [5, 5.41) is 3.21. The monoisotopic (exact) mass is 418 g/mol. The Kier molecular flexibility index (Phi) is 10.2. The first-order chi connectivity index (χ1) is 10.7. The summed E-state index contributed by atoms with van der Waals surface area (Å²) in [6, 6.07) is 6.93. The van der Waals surface area contributed by atoms with Crippen LogP contribution in [-0.4, -0.2) is 42.0 Å². The summed E-state index contributed by atoms with van der Waals surface area (Å²) in [7, 11) is 0. The number of benzene rings is 1. The summed E-state index contributed by atoms with van der Waals surface area (Å²) < 4.78 is 39.5. The highest BCUT2D eigenvalue weighted by Crippen LogP contribution is 2.41. The van der Waals surface area contributed by atoms with Crippen LogP contribution in [0.1, 0.15) is 38.8 Å². The van der Waals surface area contributed by atoms with Crippen LogP contribution in [0.2, 0.25) is 0 Å². The first-order valence-corrected chi connectivity index (χ1v) is 8.77. The van der Waals surface area contributed by atoms with Gasteiger partial charge in [0.25, 0.3) is 0 Å². The average molecular weight is 419 g/mol. The fourth-order valence-corrected chi connectivity index (χ4v) is 3.96. The van der Waals surface area contributed by atoms with E-state index in [1.807, 2.05) is 29.2 Å². The Hall–Kier alpha value is -0.140. The molecule has 0 bridgehead atoms. The molecule has 0 aliphatic carbocycles. The van der Waals surface area contributed by atoms with E-state index >= 15 is 0 Å². The summed E-state index contributed by atoms with van der Waals surface area (Å²) in [6.45, 7) is 9.02. The average Bonchev–Trinajstić information content (AvgIpc) is 2.44. The van der Waals surface area contributed by atoms with Crippen LogP contribution in [0.5, 0.6) is 0 Å². The second-order valence-electron chi connectivity index (χ2n) is 6.87. The van der Waals surface area contributed by atoms with Crippen molar-refractivity contribution < 1.29 is 13.2 Å². The smallest absolute Gasteiger partial charge is 0.314 e. The van der Waals surface area contributed by atoms with Crippen LogP contribution in [0.15, 0.2) is 29.2 Å². The lowest BCUT2D eigenvalue weighted by Gasteiger charge is -2.37. The molecule has 1 aromatic carbocycles. The Morgan fingerprint density at radius 1 is 1.08 bits per heavy atom. The van der Waals surface area contributed by atoms with Gasteiger partial charge in [0.1, 0.15) is 0 Å². The molecule has 146 valence electrons. The van der Waals surface area contributed by atoms with Gasteiger partial charge in [-0.3, -0.25) is 4.90 Å². The van der Waals surface area contributed by atoms with Crippen molar-refractivity contribution in [1.82, 2.24) is 10.2 Å². The highest BCUT2D eigenvalue weighted by atomic mass is 35.5. The Morgan fingerprint density at radius 2 is 1.64 bits per heavy atom. The fraction of sp³-hybridized carbons (Fsp3) is 0.647. The summed E-state index contributed by atoms with van der Waals surface area (Å²) in [5.74, 6) is 0. The molecular formula is C17H27Cl2F3N2S. The van der Waals surface area contributed by atoms with Gasteiger partial charge in [-0.05, 0) is 11.6 Å². The summed E-state index contributed by atoms with van der Waals surface area (Å²) in [5.41, 5.74) is 0.798. The molecule has 1 N–H and O–H groups in total. The summed E-state index contributed by atoms with van der Waals surface area (Å²) in [6.07, 6.45) is -4.97. The van der Waals surface area contributed by atoms with Crippen molar-refractivity contribution >= 4 is 36.6 Å². The minimum Gasteiger partial charge on any atom is -0.314 e. The van der Waals surface area contributed by atoms with E-state index in [9.17, 15) is 13.2 Å². The van der Waals surface area contributed by atoms with E-state index in [0.717, 1.165) is 23.5 Å². The van der Waals surface area contributed by atoms with Crippen molar-refractivity contribution in [2.45, 2.75) is 49.1 Å². The third-order valence-corrected chi connectivity index (χ3v) is 4.92. The van der Waals surface area contributed by atoms with Crippen LogP contribution in [-0.2, 0) is 0 Å². The molecule has 1 heterocycles. The molecule has 0 radical (unpaired) electrons. The first-order valence-electron chi connectivity index (χ1n) is 7.95. The Labute approximate surface area is 165 Å². The maximum atomic E-state index is 13.2. The van der Waals surface area contributed by atoms with Crippen LogP contribution in [0.4, 0.5) is 13.2 Å². The SMILES string of the molecule is CC(C)(C)Sc1ccccc1[C@@H](CC(F)(F)F)N1CCNCC1.Cl.Cl. The molecule has 0 unspecified atom stereocenters. The molecule has 1 atom stereocenters. The van der Waals surface area contributed by atoms with Gasteiger partial charge in [-0.25, -0.2) is 0 Å². The number of piperazine rings is 1. The zero-order valence-corrected chi connectivity index (χ0v) is 17.2. The van der Waals surface area contributed by atoms with E-state index < -0.39 is 18.6 Å². The van der Waals surface area contributed by atoms with Crippen LogP contribution in [0, 0.1) is 0 Å². The quantitative estimate of drug-likeness (QED) is 0.665. The van der Waals surface area contributed by atoms with Gasteiger partial charge in [-0.2, -0.15) is 13.2 Å². The van der Waals surface area contributed by atoms with Crippen LogP contribution in [0.3, 0.4) is 0 Å². The molecule has 2 rings (SSSR count). The highest BCUT2D eigenvalue weighted by Gasteiger charge is 2.37. The Morgan fingerprint density at radius 3 is 2.16 bits per heavy atom. The third-order valence-electron chi connectivity index (χ3n) is 3.71. The van der Waals surface area contributed by atoms with Gasteiger partial charge in [-0.15, -0.1) is 36.6 Å². The standard InChI is InChI=1S/C17H25F3N2S.2ClH/c1-16(2,3)23-15-7-5-4-6-13(15)14(12-17(18,19)20)22-10-8-21-9-11-22;;/h4-7,14,21H,8-12H2,1-3H3;2*1H/t14-;;/m1../s1. The van der Waals surface area contributed by atoms with Crippen molar-refractivity contribution in [3.63, 3.8) is 0 Å². The molecule has 2 nitrogen and oxygen atoms in total. The second-order valence-corrected chi connectivity index (χ2v) is 8.74. The molecule has 1 aliphatic rings. The topological polar surface area (TPSA) is 15.3 Å². The molecule has 1 aromatic rings. The lowest BCUT2D eigenvalue weighted by Crippen LogP contribution is -2.46. The third kappa shape index (κ3) is 8.39. The molecule has 8 heteroatoms. The van der Waals surface area contributed by atoms with Gasteiger partial charge in [0.2, 0.25) is 0 Å². The number of nitrogens with one attached hydrogen (secondary N) is 1. The molecule has 25 heavy (non-hydrogen) atoms. The van der Waals surface area contributed by atoms with Crippen LogP contribution in [0.25, 0.3) is 0 Å². The number of hydrogen-bond acceptors (Lipinski definition) is 3. The Bertz CT molecular complexity index is 515. The fourth-order valence-electron chi connectivity index (χ4n) is 2.83. The minimum atomic E-state index is -4.17. The normalized spacial score (nSPS) is 17.4. The van der Waals surface area contributed by atoms with E-state index in [-0.39, 0.29) is 29.6 Å². The maximum absolute atomic E-state index is 13.2. The minimum absolute atomic E-state index is 0.